The summed E-state index contributed by atoms with van der Waals surface area (Å²) in [5.74, 6) is -0.198. The van der Waals surface area contributed by atoms with E-state index in [1.54, 1.807) is 13.0 Å². The average Bonchev–Trinajstić information content (AvgIpc) is 2.50. The molecule has 1 heterocycles. The Morgan fingerprint density at radius 1 is 1.38 bits per heavy atom. The van der Waals surface area contributed by atoms with Crippen LogP contribution in [0.15, 0.2) is 47.9 Å². The van der Waals surface area contributed by atoms with E-state index in [4.69, 9.17) is 15.3 Å². The van der Waals surface area contributed by atoms with Gasteiger partial charge in [0.1, 0.15) is 17.7 Å². The van der Waals surface area contributed by atoms with Crippen LogP contribution < -0.4 is 0 Å². The lowest BCUT2D eigenvalue weighted by atomic mass is 10.2. The molecule has 0 aromatic rings. The van der Waals surface area contributed by atoms with Crippen molar-refractivity contribution in [3.05, 3.63) is 47.9 Å². The number of ether oxygens (including phenoxy) is 1. The molecule has 0 atom stereocenters. The van der Waals surface area contributed by atoms with E-state index in [2.05, 4.69) is 0 Å². The molecule has 0 saturated heterocycles. The number of carbonyl (C=O) groups is 1. The third kappa shape index (κ3) is 5.80. The van der Waals surface area contributed by atoms with E-state index in [0.717, 1.165) is 5.70 Å². The molecule has 108 valence electrons. The van der Waals surface area contributed by atoms with Crippen molar-refractivity contribution >= 4 is 5.97 Å². The Morgan fingerprint density at radius 3 is 2.81 bits per heavy atom. The van der Waals surface area contributed by atoms with Gasteiger partial charge in [0.25, 0.3) is 0 Å². The number of nitriles is 2. The van der Waals surface area contributed by atoms with Crippen LogP contribution >= 0.6 is 0 Å². The molecule has 21 heavy (non-hydrogen) atoms. The monoisotopic (exact) mass is 283 g/mol. The number of allylic oxidation sites excluding steroid dienone is 6. The molecule has 0 unspecified atom stereocenters. The highest BCUT2D eigenvalue weighted by Crippen LogP contribution is 2.14. The van der Waals surface area contributed by atoms with Crippen LogP contribution in [-0.4, -0.2) is 24.0 Å². The first-order valence-electron chi connectivity index (χ1n) is 6.70. The fourth-order valence-electron chi connectivity index (χ4n) is 1.74. The van der Waals surface area contributed by atoms with Crippen molar-refractivity contribution in [2.45, 2.75) is 19.8 Å². The van der Waals surface area contributed by atoms with Gasteiger partial charge in [0.15, 0.2) is 0 Å². The molecule has 5 heteroatoms. The number of carbonyl (C=O) groups excluding carboxylic acids is 1. The molecule has 0 spiro atoms. The molecule has 0 amide bonds. The quantitative estimate of drug-likeness (QED) is 0.553. The van der Waals surface area contributed by atoms with Crippen LogP contribution in [0.5, 0.6) is 0 Å². The maximum absolute atomic E-state index is 11.3. The van der Waals surface area contributed by atoms with E-state index in [0.29, 0.717) is 26.0 Å². The number of hydrogen-bond acceptors (Lipinski definition) is 5. The highest BCUT2D eigenvalue weighted by molar-refractivity contribution is 5.69. The number of rotatable bonds is 6. The van der Waals surface area contributed by atoms with Crippen molar-refractivity contribution in [2.24, 2.45) is 0 Å². The maximum Gasteiger partial charge on any atom is 0.305 e. The first kappa shape index (κ1) is 16.3. The minimum Gasteiger partial charge on any atom is -0.466 e. The molecular formula is C16H17N3O2. The fourth-order valence-corrected chi connectivity index (χ4v) is 1.74. The van der Waals surface area contributed by atoms with Gasteiger partial charge in [-0.05, 0) is 37.6 Å². The van der Waals surface area contributed by atoms with Crippen LogP contribution in [0.1, 0.15) is 19.8 Å². The van der Waals surface area contributed by atoms with Crippen LogP contribution in [0.3, 0.4) is 0 Å². The summed E-state index contributed by atoms with van der Waals surface area (Å²) in [6.45, 7) is 2.84. The Labute approximate surface area is 124 Å². The smallest absolute Gasteiger partial charge is 0.305 e. The molecule has 0 N–H and O–H groups in total. The average molecular weight is 283 g/mol. The van der Waals surface area contributed by atoms with Crippen LogP contribution in [-0.2, 0) is 9.53 Å². The largest absolute Gasteiger partial charge is 0.466 e. The van der Waals surface area contributed by atoms with Crippen LogP contribution in [0, 0.1) is 22.7 Å². The molecule has 0 saturated carbocycles. The summed E-state index contributed by atoms with van der Waals surface area (Å²) in [6.07, 6.45) is 11.8. The van der Waals surface area contributed by atoms with Crippen molar-refractivity contribution in [3.8, 4) is 12.1 Å². The Morgan fingerprint density at radius 2 is 2.14 bits per heavy atom. The minimum atomic E-state index is -0.198. The normalized spacial score (nSPS) is 14.4. The first-order valence-corrected chi connectivity index (χ1v) is 6.70. The Hall–Kier alpha value is -2.79. The van der Waals surface area contributed by atoms with Crippen molar-refractivity contribution in [1.82, 2.24) is 4.90 Å². The fraction of sp³-hybridized carbons (Fsp3) is 0.312. The third-order valence-corrected chi connectivity index (χ3v) is 2.72. The molecule has 1 rings (SSSR count). The Balaban J connectivity index is 2.62. The molecule has 0 bridgehead atoms. The third-order valence-electron chi connectivity index (χ3n) is 2.72. The maximum atomic E-state index is 11.3. The highest BCUT2D eigenvalue weighted by Gasteiger charge is 2.08. The summed E-state index contributed by atoms with van der Waals surface area (Å²) in [5, 5.41) is 17.4. The van der Waals surface area contributed by atoms with E-state index in [-0.39, 0.29) is 11.5 Å². The lowest BCUT2D eigenvalue weighted by Crippen LogP contribution is -2.19. The van der Waals surface area contributed by atoms with Gasteiger partial charge < -0.3 is 9.64 Å². The second-order valence-corrected chi connectivity index (χ2v) is 4.20. The van der Waals surface area contributed by atoms with Crippen molar-refractivity contribution in [1.29, 1.82) is 10.5 Å². The molecular weight excluding hydrogens is 266 g/mol. The summed E-state index contributed by atoms with van der Waals surface area (Å²) in [4.78, 5) is 13.3. The van der Waals surface area contributed by atoms with Crippen molar-refractivity contribution < 1.29 is 9.53 Å². The van der Waals surface area contributed by atoms with Crippen molar-refractivity contribution in [2.75, 3.05) is 13.2 Å². The van der Waals surface area contributed by atoms with Gasteiger partial charge in [0.05, 0.1) is 6.61 Å². The topological polar surface area (TPSA) is 77.1 Å². The molecule has 5 nitrogen and oxygen atoms in total. The van der Waals surface area contributed by atoms with Gasteiger partial charge >= 0.3 is 5.97 Å². The standard InChI is InChI=1S/C16H17N3O2/c1-2-21-16(20)7-5-11-19-10-4-3-6-15(19)9-8-14(12-17)13-18/h3-4,6,8-10H,2,5,7,11H2,1H3. The molecule has 1 aliphatic heterocycles. The number of hydrogen-bond donors (Lipinski definition) is 0. The van der Waals surface area contributed by atoms with E-state index in [9.17, 15) is 4.79 Å². The molecule has 0 radical (unpaired) electrons. The van der Waals surface area contributed by atoms with Gasteiger partial charge in [-0.15, -0.1) is 0 Å². The molecule has 0 aromatic carbocycles. The zero-order chi connectivity index (χ0) is 15.5. The zero-order valence-electron chi connectivity index (χ0n) is 12.0. The van der Waals surface area contributed by atoms with Crippen LogP contribution in [0.2, 0.25) is 0 Å². The van der Waals surface area contributed by atoms with E-state index in [1.165, 1.54) is 6.08 Å². The second-order valence-electron chi connectivity index (χ2n) is 4.20. The lowest BCUT2D eigenvalue weighted by molar-refractivity contribution is -0.143. The highest BCUT2D eigenvalue weighted by atomic mass is 16.5. The van der Waals surface area contributed by atoms with Crippen LogP contribution in [0.25, 0.3) is 0 Å². The van der Waals surface area contributed by atoms with E-state index >= 15 is 0 Å². The van der Waals surface area contributed by atoms with Gasteiger partial charge in [-0.3, -0.25) is 4.79 Å². The summed E-state index contributed by atoms with van der Waals surface area (Å²) in [5.41, 5.74) is 0.918. The van der Waals surface area contributed by atoms with Crippen LogP contribution in [0.4, 0.5) is 0 Å². The molecule has 0 aliphatic carbocycles. The summed E-state index contributed by atoms with van der Waals surface area (Å²) >= 11 is 0. The molecule has 1 aliphatic rings. The van der Waals surface area contributed by atoms with Gasteiger partial charge in [-0.1, -0.05) is 6.08 Å². The van der Waals surface area contributed by atoms with E-state index in [1.807, 2.05) is 41.5 Å². The number of esters is 1. The van der Waals surface area contributed by atoms with Gasteiger partial charge in [-0.2, -0.15) is 10.5 Å². The second kappa shape index (κ2) is 9.17. The Bertz CT molecular complexity index is 555. The summed E-state index contributed by atoms with van der Waals surface area (Å²) in [6, 6.07) is 3.62. The molecule has 0 aromatic heterocycles. The van der Waals surface area contributed by atoms with Gasteiger partial charge in [0.2, 0.25) is 0 Å². The SMILES string of the molecule is CCOC(=O)CCCN1C=CC=CC1=CC=C(C#N)C#N. The van der Waals surface area contributed by atoms with E-state index < -0.39 is 0 Å². The zero-order valence-corrected chi connectivity index (χ0v) is 12.0. The predicted molar refractivity (Wildman–Crippen MR) is 78.2 cm³/mol. The summed E-state index contributed by atoms with van der Waals surface area (Å²) in [7, 11) is 0. The predicted octanol–water partition coefficient (Wildman–Crippen LogP) is 2.57. The molecule has 0 fully saturated rings. The summed E-state index contributed by atoms with van der Waals surface area (Å²) < 4.78 is 4.88. The first-order chi connectivity index (χ1) is 10.2. The Kier molecular flexibility index (Phi) is 7.10. The van der Waals surface area contributed by atoms with Gasteiger partial charge in [0, 0.05) is 24.9 Å². The lowest BCUT2D eigenvalue weighted by Gasteiger charge is -2.23. The van der Waals surface area contributed by atoms with Crippen molar-refractivity contribution in [3.63, 3.8) is 0 Å². The number of nitrogens with zero attached hydrogens (tertiary/aromatic N) is 3. The van der Waals surface area contributed by atoms with Gasteiger partial charge in [-0.25, -0.2) is 0 Å². The minimum absolute atomic E-state index is 0.0527.